The summed E-state index contributed by atoms with van der Waals surface area (Å²) in [6.45, 7) is 5.46. The Morgan fingerprint density at radius 1 is 1.25 bits per heavy atom. The third-order valence-corrected chi connectivity index (χ3v) is 4.50. The lowest BCUT2D eigenvalue weighted by Crippen LogP contribution is -2.43. The lowest BCUT2D eigenvalue weighted by molar-refractivity contribution is -0.137. The molecular formula is C18H27F3N2O. The van der Waals surface area contributed by atoms with Gasteiger partial charge in [-0.2, -0.15) is 13.2 Å². The molecule has 3 nitrogen and oxygen atoms in total. The Hall–Kier alpha value is -1.27. The molecule has 0 unspecified atom stereocenters. The molecule has 1 atom stereocenters. The molecule has 6 heteroatoms. The highest BCUT2D eigenvalue weighted by Crippen LogP contribution is 2.35. The summed E-state index contributed by atoms with van der Waals surface area (Å²) in [4.78, 5) is 2.22. The zero-order chi connectivity index (χ0) is 17.6. The van der Waals surface area contributed by atoms with E-state index in [2.05, 4.69) is 17.1 Å². The first-order chi connectivity index (χ1) is 11.4. The molecule has 2 rings (SSSR count). The highest BCUT2D eigenvalue weighted by atomic mass is 19.4. The largest absolute Gasteiger partial charge is 0.492 e. The number of unbranched alkanes of at least 4 members (excludes halogenated alkanes) is 2. The van der Waals surface area contributed by atoms with Crippen molar-refractivity contribution in [2.24, 2.45) is 0 Å². The quantitative estimate of drug-likeness (QED) is 0.728. The predicted molar refractivity (Wildman–Crippen MR) is 89.5 cm³/mol. The van der Waals surface area contributed by atoms with Crippen molar-refractivity contribution in [3.63, 3.8) is 0 Å². The minimum absolute atomic E-state index is 0.201. The summed E-state index contributed by atoms with van der Waals surface area (Å²) in [5, 5.41) is 3.43. The first kappa shape index (κ1) is 19.1. The van der Waals surface area contributed by atoms with Crippen LogP contribution in [0.4, 0.5) is 13.2 Å². The van der Waals surface area contributed by atoms with Crippen molar-refractivity contribution in [3.8, 4) is 5.75 Å². The number of alkyl halides is 3. The average Bonchev–Trinajstić information content (AvgIpc) is 2.56. The number of benzene rings is 1. The zero-order valence-electron chi connectivity index (χ0n) is 14.5. The molecule has 1 heterocycles. The summed E-state index contributed by atoms with van der Waals surface area (Å²) in [5.41, 5.74) is 0.200. The first-order valence-corrected chi connectivity index (χ1v) is 8.65. The number of halogens is 3. The summed E-state index contributed by atoms with van der Waals surface area (Å²) < 4.78 is 43.8. The number of ether oxygens (including phenoxy) is 1. The van der Waals surface area contributed by atoms with Gasteiger partial charge in [-0.05, 0) is 44.1 Å². The van der Waals surface area contributed by atoms with Crippen LogP contribution < -0.4 is 10.1 Å². The number of rotatable bonds is 8. The molecule has 0 spiro atoms. The Kier molecular flexibility index (Phi) is 6.92. The van der Waals surface area contributed by atoms with Gasteiger partial charge in [-0.1, -0.05) is 25.8 Å². The number of nitrogens with one attached hydrogen (secondary N) is 1. The van der Waals surface area contributed by atoms with Gasteiger partial charge < -0.3 is 10.1 Å². The van der Waals surface area contributed by atoms with Crippen LogP contribution in [0, 0.1) is 0 Å². The third-order valence-electron chi connectivity index (χ3n) is 4.50. The fraction of sp³-hybridized carbons (Fsp3) is 0.667. The molecule has 0 saturated heterocycles. The van der Waals surface area contributed by atoms with Crippen molar-refractivity contribution in [2.45, 2.75) is 44.8 Å². The van der Waals surface area contributed by atoms with Gasteiger partial charge in [0.15, 0.2) is 0 Å². The summed E-state index contributed by atoms with van der Waals surface area (Å²) in [6, 6.07) is 3.99. The highest BCUT2D eigenvalue weighted by molar-refractivity contribution is 5.40. The van der Waals surface area contributed by atoms with E-state index in [1.54, 1.807) is 6.07 Å². The van der Waals surface area contributed by atoms with Crippen LogP contribution in [-0.4, -0.2) is 44.2 Å². The summed E-state index contributed by atoms with van der Waals surface area (Å²) in [7, 11) is 2.04. The van der Waals surface area contributed by atoms with Crippen molar-refractivity contribution < 1.29 is 17.9 Å². The molecule has 1 aliphatic heterocycles. The molecule has 0 aliphatic carbocycles. The van der Waals surface area contributed by atoms with Gasteiger partial charge in [-0.3, -0.25) is 4.90 Å². The van der Waals surface area contributed by atoms with Crippen molar-refractivity contribution in [2.75, 3.05) is 33.3 Å². The van der Waals surface area contributed by atoms with E-state index < -0.39 is 11.7 Å². The van der Waals surface area contributed by atoms with Gasteiger partial charge in [0, 0.05) is 19.1 Å². The normalized spacial score (nSPS) is 17.7. The fourth-order valence-electron chi connectivity index (χ4n) is 2.88. The van der Waals surface area contributed by atoms with Crippen molar-refractivity contribution >= 4 is 0 Å². The molecule has 1 aliphatic rings. The third kappa shape index (κ3) is 5.38. The van der Waals surface area contributed by atoms with Crippen molar-refractivity contribution in [3.05, 3.63) is 29.3 Å². The number of hydrogen-bond acceptors (Lipinski definition) is 3. The van der Waals surface area contributed by atoms with Crippen LogP contribution in [0.2, 0.25) is 0 Å². The molecule has 1 aromatic rings. The second kappa shape index (κ2) is 8.72. The van der Waals surface area contributed by atoms with Crippen molar-refractivity contribution in [1.82, 2.24) is 10.2 Å². The minimum Gasteiger partial charge on any atom is -0.492 e. The van der Waals surface area contributed by atoms with Gasteiger partial charge in [0.05, 0.1) is 5.56 Å². The van der Waals surface area contributed by atoms with Gasteiger partial charge in [0.25, 0.3) is 0 Å². The molecule has 24 heavy (non-hydrogen) atoms. The Labute approximate surface area is 142 Å². The van der Waals surface area contributed by atoms with E-state index in [1.807, 2.05) is 7.05 Å². The van der Waals surface area contributed by atoms with E-state index in [9.17, 15) is 13.2 Å². The molecule has 0 aromatic heterocycles. The molecule has 136 valence electrons. The van der Waals surface area contributed by atoms with E-state index in [4.69, 9.17) is 4.74 Å². The van der Waals surface area contributed by atoms with E-state index >= 15 is 0 Å². The van der Waals surface area contributed by atoms with E-state index in [1.165, 1.54) is 19.3 Å². The first-order valence-electron chi connectivity index (χ1n) is 8.65. The number of likely N-dealkylation sites (N-methyl/N-ethyl adjacent to an activating group) is 1. The smallest absolute Gasteiger partial charge is 0.416 e. The molecule has 0 radical (unpaired) electrons. The Balaban J connectivity index is 1.81. The number of hydrogen-bond donors (Lipinski definition) is 1. The van der Waals surface area contributed by atoms with Gasteiger partial charge in [0.1, 0.15) is 12.4 Å². The highest BCUT2D eigenvalue weighted by Gasteiger charge is 2.32. The second-order valence-corrected chi connectivity index (χ2v) is 6.43. The number of fused-ring (bicyclic) bond motifs is 1. The fourth-order valence-corrected chi connectivity index (χ4v) is 2.88. The Bertz CT molecular complexity index is 519. The van der Waals surface area contributed by atoms with Crippen molar-refractivity contribution in [1.29, 1.82) is 0 Å². The Morgan fingerprint density at radius 3 is 2.75 bits per heavy atom. The van der Waals surface area contributed by atoms with Crippen LogP contribution in [0.1, 0.15) is 37.3 Å². The predicted octanol–water partition coefficient (Wildman–Crippen LogP) is 3.72. The summed E-state index contributed by atoms with van der Waals surface area (Å²) in [5.74, 6) is 0.368. The zero-order valence-corrected chi connectivity index (χ0v) is 14.5. The topological polar surface area (TPSA) is 24.5 Å². The van der Waals surface area contributed by atoms with Crippen LogP contribution in [0.5, 0.6) is 5.75 Å². The monoisotopic (exact) mass is 344 g/mol. The second-order valence-electron chi connectivity index (χ2n) is 6.43. The summed E-state index contributed by atoms with van der Waals surface area (Å²) >= 11 is 0. The van der Waals surface area contributed by atoms with Crippen LogP contribution in [0.25, 0.3) is 0 Å². The Morgan fingerprint density at radius 2 is 2.04 bits per heavy atom. The summed E-state index contributed by atoms with van der Waals surface area (Å²) in [6.07, 6.45) is 0.0589. The van der Waals surface area contributed by atoms with Crippen LogP contribution in [0.3, 0.4) is 0 Å². The van der Waals surface area contributed by atoms with Crippen LogP contribution >= 0.6 is 0 Å². The molecule has 0 saturated carbocycles. The molecular weight excluding hydrogens is 317 g/mol. The maximum Gasteiger partial charge on any atom is 0.416 e. The van der Waals surface area contributed by atoms with Gasteiger partial charge >= 0.3 is 6.18 Å². The SMILES string of the molecule is CCCCCNCCN(C)[C@@H]1COc2cc(C(F)(F)F)ccc2C1. The average molecular weight is 344 g/mol. The van der Waals surface area contributed by atoms with E-state index in [-0.39, 0.29) is 6.04 Å². The van der Waals surface area contributed by atoms with Gasteiger partial charge in [-0.15, -0.1) is 0 Å². The molecule has 0 bridgehead atoms. The molecule has 0 amide bonds. The number of nitrogens with zero attached hydrogens (tertiary/aromatic N) is 1. The standard InChI is InChI=1S/C18H27F3N2O/c1-3-4-5-8-22-9-10-23(2)16-11-14-6-7-15(18(19,20)21)12-17(14)24-13-16/h6-7,12,16,22H,3-5,8-11,13H2,1-2H3/t16-/m0/s1. The maximum atomic E-state index is 12.7. The van der Waals surface area contributed by atoms with Gasteiger partial charge in [0.2, 0.25) is 0 Å². The maximum absolute atomic E-state index is 12.7. The van der Waals surface area contributed by atoms with Crippen LogP contribution in [-0.2, 0) is 12.6 Å². The lowest BCUT2D eigenvalue weighted by Gasteiger charge is -2.32. The van der Waals surface area contributed by atoms with Crippen LogP contribution in [0.15, 0.2) is 18.2 Å². The van der Waals surface area contributed by atoms with E-state index in [0.29, 0.717) is 12.4 Å². The lowest BCUT2D eigenvalue weighted by atomic mass is 10.00. The minimum atomic E-state index is -4.32. The van der Waals surface area contributed by atoms with E-state index in [0.717, 1.165) is 43.8 Å². The molecule has 0 fully saturated rings. The van der Waals surface area contributed by atoms with Gasteiger partial charge in [-0.25, -0.2) is 0 Å². The molecule has 1 aromatic carbocycles. The molecule has 1 N–H and O–H groups in total.